The van der Waals surface area contributed by atoms with Gasteiger partial charge < -0.3 is 20.4 Å². The number of aliphatic hydroxyl groups excluding tert-OH is 2. The molecule has 0 saturated carbocycles. The summed E-state index contributed by atoms with van der Waals surface area (Å²) in [5.41, 5.74) is 0.748. The van der Waals surface area contributed by atoms with E-state index in [0.29, 0.717) is 17.6 Å². The monoisotopic (exact) mass is 453 g/mol. The van der Waals surface area contributed by atoms with Gasteiger partial charge in [-0.3, -0.25) is 4.98 Å². The summed E-state index contributed by atoms with van der Waals surface area (Å²) in [5, 5.41) is 20.9. The third-order valence-electron chi connectivity index (χ3n) is 5.16. The normalized spacial score (nSPS) is 15.3. The van der Waals surface area contributed by atoms with E-state index in [-0.39, 0.29) is 36.5 Å². The molecular formula is C22H23F4N3O3. The number of urea groups is 1. The number of benzene rings is 1. The fourth-order valence-corrected chi connectivity index (χ4v) is 3.49. The summed E-state index contributed by atoms with van der Waals surface area (Å²) in [6, 6.07) is 4.18. The first-order chi connectivity index (χ1) is 15.1. The molecule has 0 saturated heterocycles. The molecule has 32 heavy (non-hydrogen) atoms. The van der Waals surface area contributed by atoms with Gasteiger partial charge in [-0.15, -0.1) is 0 Å². The van der Waals surface area contributed by atoms with Crippen LogP contribution >= 0.6 is 0 Å². The number of nitrogens with zero attached hydrogens (tertiary/aromatic N) is 2. The third-order valence-corrected chi connectivity index (χ3v) is 5.16. The number of aromatic nitrogens is 1. The van der Waals surface area contributed by atoms with E-state index < -0.39 is 36.3 Å². The van der Waals surface area contributed by atoms with Crippen molar-refractivity contribution in [2.24, 2.45) is 0 Å². The molecule has 6 nitrogen and oxygen atoms in total. The highest BCUT2D eigenvalue weighted by molar-refractivity contribution is 5.90. The van der Waals surface area contributed by atoms with Gasteiger partial charge in [0.15, 0.2) is 0 Å². The number of pyridine rings is 1. The molecule has 0 fully saturated rings. The minimum Gasteiger partial charge on any atom is -0.394 e. The molecule has 2 amide bonds. The van der Waals surface area contributed by atoms with Crippen molar-refractivity contribution < 1.29 is 32.6 Å². The summed E-state index contributed by atoms with van der Waals surface area (Å²) in [5.74, 6) is -0.558. The number of nitrogens with one attached hydrogen (secondary N) is 1. The number of rotatable bonds is 5. The van der Waals surface area contributed by atoms with Crippen LogP contribution in [0.25, 0.3) is 5.57 Å². The van der Waals surface area contributed by atoms with Gasteiger partial charge in [-0.2, -0.15) is 13.2 Å². The summed E-state index contributed by atoms with van der Waals surface area (Å²) < 4.78 is 53.1. The van der Waals surface area contributed by atoms with Gasteiger partial charge in [0.25, 0.3) is 0 Å². The molecule has 2 aromatic rings. The van der Waals surface area contributed by atoms with Crippen molar-refractivity contribution in [3.63, 3.8) is 0 Å². The molecule has 1 atom stereocenters. The Balaban J connectivity index is 1.64. The lowest BCUT2D eigenvalue weighted by Crippen LogP contribution is -2.38. The first kappa shape index (κ1) is 23.7. The Morgan fingerprint density at radius 2 is 2.06 bits per heavy atom. The molecule has 3 N–H and O–H groups in total. The minimum atomic E-state index is -4.46. The fraction of sp³-hybridized carbons (Fsp3) is 0.364. The van der Waals surface area contributed by atoms with E-state index >= 15 is 0 Å². The van der Waals surface area contributed by atoms with E-state index in [1.54, 1.807) is 6.08 Å². The van der Waals surface area contributed by atoms with Crippen molar-refractivity contribution in [2.45, 2.75) is 32.0 Å². The Kier molecular flexibility index (Phi) is 7.15. The summed E-state index contributed by atoms with van der Waals surface area (Å²) in [7, 11) is 0. The summed E-state index contributed by atoms with van der Waals surface area (Å²) in [6.45, 7) is 1.36. The van der Waals surface area contributed by atoms with Crippen LogP contribution in [-0.4, -0.2) is 51.9 Å². The fourth-order valence-electron chi connectivity index (χ4n) is 3.49. The zero-order valence-electron chi connectivity index (χ0n) is 17.3. The van der Waals surface area contributed by atoms with Crippen LogP contribution in [-0.2, 0) is 12.6 Å². The first-order valence-electron chi connectivity index (χ1n) is 9.95. The van der Waals surface area contributed by atoms with E-state index in [4.69, 9.17) is 5.11 Å². The van der Waals surface area contributed by atoms with Crippen LogP contribution in [0.15, 0.2) is 36.5 Å². The number of alkyl halides is 3. The van der Waals surface area contributed by atoms with Gasteiger partial charge in [0.2, 0.25) is 0 Å². The molecule has 0 aliphatic carbocycles. The molecular weight excluding hydrogens is 430 g/mol. The molecule has 0 unspecified atom stereocenters. The highest BCUT2D eigenvalue weighted by atomic mass is 19.4. The van der Waals surface area contributed by atoms with Crippen LogP contribution in [0.5, 0.6) is 0 Å². The lowest BCUT2D eigenvalue weighted by Gasteiger charge is -2.27. The van der Waals surface area contributed by atoms with Crippen LogP contribution in [0.4, 0.5) is 28.0 Å². The summed E-state index contributed by atoms with van der Waals surface area (Å²) >= 11 is 0. The van der Waals surface area contributed by atoms with Gasteiger partial charge in [-0.05, 0) is 54.3 Å². The highest BCUT2D eigenvalue weighted by Gasteiger charge is 2.32. The second kappa shape index (κ2) is 9.66. The smallest absolute Gasteiger partial charge is 0.394 e. The lowest BCUT2D eigenvalue weighted by molar-refractivity contribution is -0.138. The van der Waals surface area contributed by atoms with Gasteiger partial charge >= 0.3 is 12.2 Å². The standard InChI is InChI=1S/C22H23F4N3O3/c1-13-8-16(2-3-18(13)22(24,25)26)28-21(32)29-6-4-15(5-7-29)20-19(23)10-14(11-27-20)9-17(31)12-30/h2-4,8,10-11,17,30-31H,5-7,9,12H2,1H3,(H,28,32)/t17-/m0/s1. The number of aryl methyl sites for hydroxylation is 1. The molecule has 0 bridgehead atoms. The van der Waals surface area contributed by atoms with Crippen LogP contribution in [0.3, 0.4) is 0 Å². The maximum atomic E-state index is 14.5. The topological polar surface area (TPSA) is 85.7 Å². The number of amides is 2. The Morgan fingerprint density at radius 1 is 1.31 bits per heavy atom. The molecule has 3 rings (SSSR count). The number of hydrogen-bond acceptors (Lipinski definition) is 4. The number of aliphatic hydroxyl groups is 2. The predicted octanol–water partition coefficient (Wildman–Crippen LogP) is 3.76. The van der Waals surface area contributed by atoms with E-state index in [1.165, 1.54) is 36.2 Å². The molecule has 10 heteroatoms. The molecule has 172 valence electrons. The number of halogens is 4. The number of carbonyl (C=O) groups excluding carboxylic acids is 1. The Hall–Kier alpha value is -2.98. The molecule has 2 heterocycles. The van der Waals surface area contributed by atoms with E-state index in [9.17, 15) is 27.5 Å². The van der Waals surface area contributed by atoms with Crippen LogP contribution in [0, 0.1) is 12.7 Å². The summed E-state index contributed by atoms with van der Waals surface area (Å²) in [4.78, 5) is 18.1. The number of anilines is 1. The Morgan fingerprint density at radius 3 is 2.62 bits per heavy atom. The second-order valence-corrected chi connectivity index (χ2v) is 7.60. The van der Waals surface area contributed by atoms with Gasteiger partial charge in [-0.25, -0.2) is 9.18 Å². The van der Waals surface area contributed by atoms with Crippen molar-refractivity contribution in [3.8, 4) is 0 Å². The number of carbonyl (C=O) groups is 1. The predicted molar refractivity (Wildman–Crippen MR) is 110 cm³/mol. The van der Waals surface area contributed by atoms with Crippen molar-refractivity contribution in [1.82, 2.24) is 9.88 Å². The maximum Gasteiger partial charge on any atom is 0.416 e. The van der Waals surface area contributed by atoms with Crippen LogP contribution in [0.1, 0.15) is 28.8 Å². The van der Waals surface area contributed by atoms with Gasteiger partial charge in [0.05, 0.1) is 18.3 Å². The Labute approximate surface area is 182 Å². The average Bonchev–Trinajstić information content (AvgIpc) is 2.73. The van der Waals surface area contributed by atoms with E-state index in [2.05, 4.69) is 10.3 Å². The van der Waals surface area contributed by atoms with Gasteiger partial charge in [-0.1, -0.05) is 6.08 Å². The third kappa shape index (κ3) is 5.63. The highest BCUT2D eigenvalue weighted by Crippen LogP contribution is 2.33. The lowest BCUT2D eigenvalue weighted by atomic mass is 10.0. The maximum absolute atomic E-state index is 14.5. The minimum absolute atomic E-state index is 0.00706. The second-order valence-electron chi connectivity index (χ2n) is 7.60. The van der Waals surface area contributed by atoms with Crippen molar-refractivity contribution >= 4 is 17.3 Å². The SMILES string of the molecule is Cc1cc(NC(=O)N2CC=C(c3ncc(C[C@H](O)CO)cc3F)CC2)ccc1C(F)(F)F. The molecule has 1 aromatic heterocycles. The van der Waals surface area contributed by atoms with Crippen LogP contribution < -0.4 is 5.32 Å². The van der Waals surface area contributed by atoms with Crippen LogP contribution in [0.2, 0.25) is 0 Å². The molecule has 0 radical (unpaired) electrons. The van der Waals surface area contributed by atoms with Crippen molar-refractivity contribution in [3.05, 3.63) is 64.7 Å². The first-order valence-corrected chi connectivity index (χ1v) is 9.95. The van der Waals surface area contributed by atoms with Crippen molar-refractivity contribution in [1.29, 1.82) is 0 Å². The largest absolute Gasteiger partial charge is 0.416 e. The molecule has 0 spiro atoms. The molecule has 1 aliphatic rings. The summed E-state index contributed by atoms with van der Waals surface area (Å²) in [6.07, 6.45) is -1.91. The quantitative estimate of drug-likeness (QED) is 0.602. The van der Waals surface area contributed by atoms with Crippen molar-refractivity contribution in [2.75, 3.05) is 25.0 Å². The Bertz CT molecular complexity index is 1020. The number of hydrogen-bond donors (Lipinski definition) is 3. The average molecular weight is 453 g/mol. The zero-order valence-corrected chi connectivity index (χ0v) is 17.3. The molecule has 1 aliphatic heterocycles. The van der Waals surface area contributed by atoms with Gasteiger partial charge in [0, 0.05) is 31.4 Å². The van der Waals surface area contributed by atoms with E-state index in [1.807, 2.05) is 0 Å². The van der Waals surface area contributed by atoms with E-state index in [0.717, 1.165) is 6.07 Å². The van der Waals surface area contributed by atoms with Gasteiger partial charge in [0.1, 0.15) is 11.5 Å². The zero-order chi connectivity index (χ0) is 23.5. The molecule has 1 aromatic carbocycles.